The first-order valence-electron chi connectivity index (χ1n) is 11.0. The molecule has 0 saturated carbocycles. The number of carbonyl (C=O) groups excluding carboxylic acids is 3. The van der Waals surface area contributed by atoms with Crippen LogP contribution in [-0.4, -0.2) is 34.3 Å². The van der Waals surface area contributed by atoms with Crippen LogP contribution in [0, 0.1) is 6.92 Å². The van der Waals surface area contributed by atoms with E-state index in [1.54, 1.807) is 33.9 Å². The number of nitrogens with one attached hydrogen (secondary N) is 1. The number of hydrogen-bond donors (Lipinski definition) is 1. The van der Waals surface area contributed by atoms with Gasteiger partial charge in [0.1, 0.15) is 11.4 Å². The fourth-order valence-electron chi connectivity index (χ4n) is 3.21. The zero-order valence-electron chi connectivity index (χ0n) is 19.7. The number of benzene rings is 1. The summed E-state index contributed by atoms with van der Waals surface area (Å²) in [6, 6.07) is 10.9. The van der Waals surface area contributed by atoms with Crippen LogP contribution < -0.4 is 5.32 Å². The Hall–Kier alpha value is -3.02. The van der Waals surface area contributed by atoms with Gasteiger partial charge in [-0.05, 0) is 70.2 Å². The number of amides is 1. The average molecular weight is 439 g/mol. The molecule has 1 heterocycles. The lowest BCUT2D eigenvalue weighted by atomic mass is 9.98. The summed E-state index contributed by atoms with van der Waals surface area (Å²) in [6.07, 6.45) is 3.83. The number of Topliss-reactive ketones (excluding diaryl/α,β-unsaturated/α-hetero) is 2. The molecular weight excluding hydrogens is 404 g/mol. The van der Waals surface area contributed by atoms with Gasteiger partial charge in [0.15, 0.2) is 5.78 Å². The van der Waals surface area contributed by atoms with E-state index in [-0.39, 0.29) is 18.0 Å². The van der Waals surface area contributed by atoms with Crippen molar-refractivity contribution in [1.29, 1.82) is 0 Å². The molecule has 6 heteroatoms. The summed E-state index contributed by atoms with van der Waals surface area (Å²) in [6.45, 7) is 8.89. The Bertz CT molecular complexity index is 912. The first-order valence-corrected chi connectivity index (χ1v) is 11.0. The first-order chi connectivity index (χ1) is 15.0. The van der Waals surface area contributed by atoms with Gasteiger partial charge in [-0.25, -0.2) is 4.79 Å². The van der Waals surface area contributed by atoms with Gasteiger partial charge >= 0.3 is 6.09 Å². The van der Waals surface area contributed by atoms with Crippen LogP contribution in [-0.2, 0) is 33.6 Å². The molecule has 1 aromatic carbocycles. The molecule has 0 bridgehead atoms. The van der Waals surface area contributed by atoms with Crippen LogP contribution >= 0.6 is 0 Å². The zero-order valence-corrected chi connectivity index (χ0v) is 19.7. The number of aryl methyl sites for hydroxylation is 2. The van der Waals surface area contributed by atoms with Crippen LogP contribution in [0.4, 0.5) is 4.79 Å². The second kappa shape index (κ2) is 11.6. The molecule has 172 valence electrons. The van der Waals surface area contributed by atoms with E-state index in [9.17, 15) is 14.4 Å². The maximum Gasteiger partial charge on any atom is 0.408 e. The Morgan fingerprint density at radius 2 is 1.69 bits per heavy atom. The minimum atomic E-state index is -0.740. The lowest BCUT2D eigenvalue weighted by molar-refractivity contribution is -0.120. The van der Waals surface area contributed by atoms with Crippen LogP contribution in [0.25, 0.3) is 0 Å². The zero-order chi connectivity index (χ0) is 23.7. The predicted molar refractivity (Wildman–Crippen MR) is 125 cm³/mol. The van der Waals surface area contributed by atoms with Crippen LogP contribution in [0.15, 0.2) is 42.6 Å². The monoisotopic (exact) mass is 438 g/mol. The molecule has 0 aliphatic carbocycles. The molecule has 0 aliphatic rings. The molecular formula is C26H34N2O4. The van der Waals surface area contributed by atoms with Crippen molar-refractivity contribution >= 4 is 17.7 Å². The van der Waals surface area contributed by atoms with Crippen molar-refractivity contribution in [3.05, 3.63) is 65.0 Å². The molecule has 0 fully saturated rings. The molecule has 32 heavy (non-hydrogen) atoms. The van der Waals surface area contributed by atoms with Crippen LogP contribution in [0.1, 0.15) is 62.9 Å². The van der Waals surface area contributed by atoms with E-state index in [1.165, 1.54) is 0 Å². The molecule has 1 aromatic heterocycles. The van der Waals surface area contributed by atoms with Gasteiger partial charge in [-0.2, -0.15) is 0 Å². The SMILES string of the molecule is CC(=O)CCCc1ccc(CC(=O)[C@@H](Cc2ccc(C)cn2)NC(=O)OC(C)(C)C)cc1. The minimum absolute atomic E-state index is 0.109. The van der Waals surface area contributed by atoms with Gasteiger partial charge in [0.25, 0.3) is 0 Å². The van der Waals surface area contributed by atoms with Gasteiger partial charge in [-0.1, -0.05) is 30.3 Å². The highest BCUT2D eigenvalue weighted by Gasteiger charge is 2.25. The molecule has 1 atom stereocenters. The summed E-state index contributed by atoms with van der Waals surface area (Å²) in [5, 5.41) is 2.72. The van der Waals surface area contributed by atoms with E-state index in [0.717, 1.165) is 35.2 Å². The highest BCUT2D eigenvalue weighted by Crippen LogP contribution is 2.13. The number of pyridine rings is 1. The van der Waals surface area contributed by atoms with E-state index in [4.69, 9.17) is 4.74 Å². The lowest BCUT2D eigenvalue weighted by Gasteiger charge is -2.23. The van der Waals surface area contributed by atoms with Crippen molar-refractivity contribution in [3.8, 4) is 0 Å². The van der Waals surface area contributed by atoms with E-state index >= 15 is 0 Å². The Morgan fingerprint density at radius 1 is 1.03 bits per heavy atom. The van der Waals surface area contributed by atoms with Crippen molar-refractivity contribution < 1.29 is 19.1 Å². The first kappa shape index (κ1) is 25.2. The third-order valence-corrected chi connectivity index (χ3v) is 4.86. The summed E-state index contributed by atoms with van der Waals surface area (Å²) in [5.41, 5.74) is 3.11. The third-order valence-electron chi connectivity index (χ3n) is 4.86. The number of ketones is 2. The highest BCUT2D eigenvalue weighted by atomic mass is 16.6. The largest absolute Gasteiger partial charge is 0.444 e. The summed E-state index contributed by atoms with van der Waals surface area (Å²) in [5.74, 6) is 0.0846. The van der Waals surface area contributed by atoms with E-state index in [0.29, 0.717) is 12.8 Å². The third kappa shape index (κ3) is 9.41. The number of alkyl carbamates (subject to hydrolysis) is 1. The minimum Gasteiger partial charge on any atom is -0.444 e. The van der Waals surface area contributed by atoms with E-state index in [2.05, 4.69) is 10.3 Å². The maximum atomic E-state index is 13.1. The van der Waals surface area contributed by atoms with Crippen LogP contribution in [0.5, 0.6) is 0 Å². The topological polar surface area (TPSA) is 85.4 Å². The molecule has 0 radical (unpaired) electrons. The van der Waals surface area contributed by atoms with Crippen molar-refractivity contribution in [2.45, 2.75) is 78.4 Å². The summed E-state index contributed by atoms with van der Waals surface area (Å²) >= 11 is 0. The van der Waals surface area contributed by atoms with Gasteiger partial charge in [0.05, 0.1) is 6.04 Å². The van der Waals surface area contributed by atoms with Gasteiger partial charge in [0.2, 0.25) is 0 Å². The summed E-state index contributed by atoms with van der Waals surface area (Å²) in [7, 11) is 0. The number of aromatic nitrogens is 1. The quantitative estimate of drug-likeness (QED) is 0.588. The smallest absolute Gasteiger partial charge is 0.408 e. The molecule has 1 N–H and O–H groups in total. The molecule has 6 nitrogen and oxygen atoms in total. The van der Waals surface area contributed by atoms with Crippen molar-refractivity contribution in [1.82, 2.24) is 10.3 Å². The van der Waals surface area contributed by atoms with Gasteiger partial charge in [-0.15, -0.1) is 0 Å². The summed E-state index contributed by atoms with van der Waals surface area (Å²) < 4.78 is 5.35. The Morgan fingerprint density at radius 3 is 2.25 bits per heavy atom. The van der Waals surface area contributed by atoms with E-state index < -0.39 is 17.7 Å². The molecule has 2 rings (SSSR count). The Labute approximate surface area is 190 Å². The van der Waals surface area contributed by atoms with Crippen LogP contribution in [0.3, 0.4) is 0 Å². The molecule has 0 saturated heterocycles. The lowest BCUT2D eigenvalue weighted by Crippen LogP contribution is -2.45. The number of hydrogen-bond acceptors (Lipinski definition) is 5. The molecule has 1 amide bonds. The number of carbonyl (C=O) groups is 3. The van der Waals surface area contributed by atoms with Gasteiger partial charge in [0, 0.05) is 31.2 Å². The second-order valence-corrected chi connectivity index (χ2v) is 9.24. The normalized spacial score (nSPS) is 12.2. The molecule has 2 aromatic rings. The second-order valence-electron chi connectivity index (χ2n) is 9.24. The molecule has 0 unspecified atom stereocenters. The van der Waals surface area contributed by atoms with E-state index in [1.807, 2.05) is 43.3 Å². The fourth-order valence-corrected chi connectivity index (χ4v) is 3.21. The maximum absolute atomic E-state index is 13.1. The van der Waals surface area contributed by atoms with Crippen molar-refractivity contribution in [2.24, 2.45) is 0 Å². The fraction of sp³-hybridized carbons (Fsp3) is 0.462. The Kier molecular flexibility index (Phi) is 9.12. The average Bonchev–Trinajstić information content (AvgIpc) is 2.68. The van der Waals surface area contributed by atoms with Crippen molar-refractivity contribution in [3.63, 3.8) is 0 Å². The van der Waals surface area contributed by atoms with Gasteiger partial charge < -0.3 is 14.8 Å². The standard InChI is InChI=1S/C26H34N2O4/c1-18-9-14-22(27-17-18)16-23(28-25(31)32-26(3,4)5)24(30)15-21-12-10-20(11-13-21)8-6-7-19(2)29/h9-14,17,23H,6-8,15-16H2,1-5H3,(H,28,31)/t23-/m1/s1. The Balaban J connectivity index is 2.06. The van der Waals surface area contributed by atoms with Gasteiger partial charge in [-0.3, -0.25) is 9.78 Å². The number of nitrogens with zero attached hydrogens (tertiary/aromatic N) is 1. The summed E-state index contributed by atoms with van der Waals surface area (Å²) in [4.78, 5) is 40.9. The van der Waals surface area contributed by atoms with Crippen molar-refractivity contribution in [2.75, 3.05) is 0 Å². The highest BCUT2D eigenvalue weighted by molar-refractivity contribution is 5.89. The molecule has 0 spiro atoms. The molecule has 0 aliphatic heterocycles. The number of rotatable bonds is 10. The number of ether oxygens (including phenoxy) is 1. The predicted octanol–water partition coefficient (Wildman–Crippen LogP) is 4.55. The van der Waals surface area contributed by atoms with Crippen LogP contribution in [0.2, 0.25) is 0 Å².